The minimum atomic E-state index is -1.21. The van der Waals surface area contributed by atoms with Crippen molar-refractivity contribution in [3.63, 3.8) is 0 Å². The molecule has 27 heavy (non-hydrogen) atoms. The summed E-state index contributed by atoms with van der Waals surface area (Å²) in [6.07, 6.45) is 8.80. The van der Waals surface area contributed by atoms with Crippen LogP contribution < -0.4 is 4.74 Å². The number of nitrogens with one attached hydrogen (secondary N) is 1. The maximum Gasteiger partial charge on any atom is 0.185 e. The highest BCUT2D eigenvalue weighted by Gasteiger charge is 2.56. The molecule has 0 radical (unpaired) electrons. The number of ether oxygens (including phenoxy) is 1. The third-order valence-electron chi connectivity index (χ3n) is 6.63. The number of hydrogen-bond acceptors (Lipinski definition) is 3. The van der Waals surface area contributed by atoms with E-state index in [-0.39, 0.29) is 17.1 Å². The Labute approximate surface area is 158 Å². The Hall–Kier alpha value is -2.16. The Morgan fingerprint density at radius 2 is 1.74 bits per heavy atom. The molecular weight excluding hydrogens is 348 g/mol. The van der Waals surface area contributed by atoms with Crippen LogP contribution in [-0.2, 0) is 0 Å². The van der Waals surface area contributed by atoms with Crippen LogP contribution in [-0.4, -0.2) is 21.9 Å². The average molecular weight is 373 g/mol. The topological polar surface area (TPSA) is 60.1 Å². The lowest BCUT2D eigenvalue weighted by Gasteiger charge is -2.59. The molecular formula is C21H25F2N3O. The Balaban J connectivity index is 1.59. The highest BCUT2D eigenvalue weighted by Crippen LogP contribution is 2.58. The average Bonchev–Trinajstić information content (AvgIpc) is 2.56. The summed E-state index contributed by atoms with van der Waals surface area (Å²) in [4.78, 5) is 1.54. The normalized spacial score (nSPS) is 31.4. The summed E-state index contributed by atoms with van der Waals surface area (Å²) in [5.74, 6) is 0.342. The van der Waals surface area contributed by atoms with Gasteiger partial charge in [0.15, 0.2) is 29.2 Å². The largest absolute Gasteiger partial charge is 0.477 e. The standard InChI is InChI=1S/C21H25F2N3O/c1-20(2,27-18-4-3-16(22)8-17(18)23)19(25)26(12-24)21-9-13-5-14(10-21)7-15(6-13)11-21/h3-4,8,13-15,25H,5-7,9-11H2,1-2H3. The summed E-state index contributed by atoms with van der Waals surface area (Å²) < 4.78 is 32.9. The van der Waals surface area contributed by atoms with Crippen LogP contribution in [0, 0.1) is 46.3 Å². The zero-order valence-electron chi connectivity index (χ0n) is 15.8. The van der Waals surface area contributed by atoms with Gasteiger partial charge in [-0.3, -0.25) is 10.3 Å². The molecule has 4 fully saturated rings. The fourth-order valence-corrected chi connectivity index (χ4v) is 5.88. The van der Waals surface area contributed by atoms with Gasteiger partial charge in [0.05, 0.1) is 5.54 Å². The molecule has 0 aliphatic heterocycles. The van der Waals surface area contributed by atoms with Crippen molar-refractivity contribution in [2.45, 2.75) is 63.5 Å². The van der Waals surface area contributed by atoms with E-state index in [0.717, 1.165) is 31.4 Å². The number of halogens is 2. The van der Waals surface area contributed by atoms with Gasteiger partial charge in [-0.1, -0.05) is 0 Å². The van der Waals surface area contributed by atoms with Gasteiger partial charge in [-0.2, -0.15) is 5.26 Å². The van der Waals surface area contributed by atoms with Gasteiger partial charge in [0.1, 0.15) is 5.82 Å². The Morgan fingerprint density at radius 1 is 1.19 bits per heavy atom. The third kappa shape index (κ3) is 3.07. The molecule has 1 aromatic rings. The summed E-state index contributed by atoms with van der Waals surface area (Å²) in [5, 5.41) is 18.7. The lowest BCUT2D eigenvalue weighted by molar-refractivity contribution is -0.0502. The fourth-order valence-electron chi connectivity index (χ4n) is 5.88. The molecule has 5 rings (SSSR count). The summed E-state index contributed by atoms with van der Waals surface area (Å²) in [6, 6.07) is 3.11. The van der Waals surface area contributed by atoms with E-state index in [0.29, 0.717) is 17.8 Å². The molecule has 4 saturated carbocycles. The van der Waals surface area contributed by atoms with E-state index in [4.69, 9.17) is 10.1 Å². The molecule has 0 aromatic heterocycles. The van der Waals surface area contributed by atoms with Gasteiger partial charge in [-0.15, -0.1) is 0 Å². The molecule has 0 saturated heterocycles. The molecule has 1 N–H and O–H groups in total. The van der Waals surface area contributed by atoms with Gasteiger partial charge >= 0.3 is 0 Å². The molecule has 4 bridgehead atoms. The quantitative estimate of drug-likeness (QED) is 0.355. The first-order chi connectivity index (χ1) is 12.7. The number of amidine groups is 1. The second kappa shape index (κ2) is 6.19. The van der Waals surface area contributed by atoms with Crippen LogP contribution in [0.2, 0.25) is 0 Å². The number of rotatable bonds is 4. The molecule has 4 aliphatic rings. The first-order valence-corrected chi connectivity index (χ1v) is 9.65. The Bertz CT molecular complexity index is 779. The lowest BCUT2D eigenvalue weighted by atomic mass is 9.52. The molecule has 1 aromatic carbocycles. The first-order valence-electron chi connectivity index (χ1n) is 9.65. The number of hydrogen-bond donors (Lipinski definition) is 1. The van der Waals surface area contributed by atoms with Crippen molar-refractivity contribution in [2.75, 3.05) is 0 Å². The summed E-state index contributed by atoms with van der Waals surface area (Å²) in [5.41, 5.74) is -1.51. The predicted octanol–water partition coefficient (Wildman–Crippen LogP) is 4.85. The summed E-state index contributed by atoms with van der Waals surface area (Å²) in [7, 11) is 0. The molecule has 0 heterocycles. The van der Waals surface area contributed by atoms with Crippen LogP contribution in [0.15, 0.2) is 18.2 Å². The van der Waals surface area contributed by atoms with E-state index in [1.54, 1.807) is 18.7 Å². The molecule has 6 heteroatoms. The molecule has 144 valence electrons. The van der Waals surface area contributed by atoms with E-state index >= 15 is 0 Å². The molecule has 4 aliphatic carbocycles. The molecule has 0 spiro atoms. The van der Waals surface area contributed by atoms with Gasteiger partial charge in [-0.05, 0) is 82.3 Å². The van der Waals surface area contributed by atoms with Crippen LogP contribution in [0.3, 0.4) is 0 Å². The maximum atomic E-state index is 14.0. The van der Waals surface area contributed by atoms with E-state index < -0.39 is 17.2 Å². The van der Waals surface area contributed by atoms with Crippen LogP contribution in [0.5, 0.6) is 5.75 Å². The number of nitriles is 1. The smallest absolute Gasteiger partial charge is 0.185 e. The van der Waals surface area contributed by atoms with E-state index in [9.17, 15) is 14.0 Å². The summed E-state index contributed by atoms with van der Waals surface area (Å²) >= 11 is 0. The van der Waals surface area contributed by atoms with Crippen LogP contribution >= 0.6 is 0 Å². The minimum Gasteiger partial charge on any atom is -0.477 e. The number of nitrogens with zero attached hydrogens (tertiary/aromatic N) is 2. The van der Waals surface area contributed by atoms with Gasteiger partial charge in [-0.25, -0.2) is 8.78 Å². The van der Waals surface area contributed by atoms with Crippen molar-refractivity contribution in [2.24, 2.45) is 17.8 Å². The van der Waals surface area contributed by atoms with Crippen molar-refractivity contribution in [1.82, 2.24) is 4.90 Å². The van der Waals surface area contributed by atoms with Crippen LogP contribution in [0.4, 0.5) is 8.78 Å². The third-order valence-corrected chi connectivity index (χ3v) is 6.63. The minimum absolute atomic E-state index is 0.0377. The van der Waals surface area contributed by atoms with E-state index in [1.165, 1.54) is 25.3 Å². The van der Waals surface area contributed by atoms with Crippen LogP contribution in [0.1, 0.15) is 52.4 Å². The molecule has 0 unspecified atom stereocenters. The number of benzene rings is 1. The zero-order chi connectivity index (χ0) is 19.4. The predicted molar refractivity (Wildman–Crippen MR) is 97.1 cm³/mol. The van der Waals surface area contributed by atoms with Crippen molar-refractivity contribution < 1.29 is 13.5 Å². The maximum absolute atomic E-state index is 14.0. The van der Waals surface area contributed by atoms with Crippen molar-refractivity contribution in [3.05, 3.63) is 29.8 Å². The monoisotopic (exact) mass is 373 g/mol. The fraction of sp³-hybridized carbons (Fsp3) is 0.619. The van der Waals surface area contributed by atoms with E-state index in [1.807, 2.05) is 0 Å². The van der Waals surface area contributed by atoms with Gasteiger partial charge < -0.3 is 4.74 Å². The second-order valence-corrected chi connectivity index (χ2v) is 9.11. The SMILES string of the molecule is CC(C)(Oc1ccc(F)cc1F)C(=N)N(C#N)C12CC3CC(CC(C3)C1)C2. The highest BCUT2D eigenvalue weighted by molar-refractivity contribution is 5.89. The second-order valence-electron chi connectivity index (χ2n) is 9.11. The van der Waals surface area contributed by atoms with Crippen molar-refractivity contribution >= 4 is 5.84 Å². The van der Waals surface area contributed by atoms with Crippen LogP contribution in [0.25, 0.3) is 0 Å². The van der Waals surface area contributed by atoms with Gasteiger partial charge in [0, 0.05) is 6.07 Å². The summed E-state index contributed by atoms with van der Waals surface area (Å²) in [6.45, 7) is 3.31. The van der Waals surface area contributed by atoms with Gasteiger partial charge in [0.25, 0.3) is 0 Å². The highest BCUT2D eigenvalue weighted by atomic mass is 19.1. The molecule has 4 nitrogen and oxygen atoms in total. The van der Waals surface area contributed by atoms with E-state index in [2.05, 4.69) is 6.19 Å². The van der Waals surface area contributed by atoms with Gasteiger partial charge in [0.2, 0.25) is 0 Å². The first kappa shape index (κ1) is 18.2. The Kier molecular flexibility index (Phi) is 4.17. The van der Waals surface area contributed by atoms with Crippen molar-refractivity contribution in [3.8, 4) is 11.9 Å². The lowest BCUT2D eigenvalue weighted by Crippen LogP contribution is -2.63. The zero-order valence-corrected chi connectivity index (χ0v) is 15.8. The molecule has 0 amide bonds. The molecule has 0 atom stereocenters. The van der Waals surface area contributed by atoms with Crippen molar-refractivity contribution in [1.29, 1.82) is 10.7 Å². The Morgan fingerprint density at radius 3 is 2.22 bits per heavy atom.